The average molecular weight is 380 g/mol. The Kier molecular flexibility index (Phi) is 6.20. The molecule has 1 aromatic heterocycles. The Morgan fingerprint density at radius 2 is 2.00 bits per heavy atom. The lowest BCUT2D eigenvalue weighted by Gasteiger charge is -2.10. The molecule has 3 aromatic rings. The summed E-state index contributed by atoms with van der Waals surface area (Å²) >= 11 is 6.35. The first-order valence-electron chi connectivity index (χ1n) is 9.08. The molecule has 1 unspecified atom stereocenters. The van der Waals surface area contributed by atoms with Crippen LogP contribution in [0.25, 0.3) is 22.2 Å². The fourth-order valence-corrected chi connectivity index (χ4v) is 3.19. The lowest BCUT2D eigenvalue weighted by atomic mass is 10.0. The molecule has 138 valence electrons. The van der Waals surface area contributed by atoms with Crippen LogP contribution in [0.5, 0.6) is 0 Å². The molecule has 0 aliphatic rings. The Bertz CT molecular complexity index is 970. The number of carbonyl (C=O) groups excluding carboxylic acids is 1. The molecule has 1 atom stereocenters. The van der Waals surface area contributed by atoms with Crippen molar-refractivity contribution in [3.8, 4) is 11.3 Å². The Hall–Kier alpha value is -2.72. The number of halogens is 1. The summed E-state index contributed by atoms with van der Waals surface area (Å²) in [6, 6.07) is 17.0. The van der Waals surface area contributed by atoms with Crippen LogP contribution in [0.3, 0.4) is 0 Å². The quantitative estimate of drug-likeness (QED) is 0.440. The summed E-state index contributed by atoms with van der Waals surface area (Å²) in [6.07, 6.45) is 3.89. The fraction of sp³-hybridized carbons (Fsp3) is 0.227. The minimum Gasteiger partial charge on any atom is -0.267 e. The number of aromatic nitrogens is 1. The maximum absolute atomic E-state index is 12.8. The molecule has 1 heterocycles. The van der Waals surface area contributed by atoms with Gasteiger partial charge >= 0.3 is 0 Å². The van der Waals surface area contributed by atoms with Gasteiger partial charge in [-0.3, -0.25) is 4.79 Å². The summed E-state index contributed by atoms with van der Waals surface area (Å²) in [5.74, 6) is 0.0422. The van der Waals surface area contributed by atoms with Crippen LogP contribution in [-0.2, 0) is 0 Å². The number of fused-ring (bicyclic) bond motifs is 1. The number of amides is 1. The molecular weight excluding hydrogens is 358 g/mol. The highest BCUT2D eigenvalue weighted by molar-refractivity contribution is 6.35. The maximum Gasteiger partial charge on any atom is 0.272 e. The zero-order valence-electron chi connectivity index (χ0n) is 15.4. The van der Waals surface area contributed by atoms with Crippen LogP contribution >= 0.6 is 11.6 Å². The summed E-state index contributed by atoms with van der Waals surface area (Å²) in [4.78, 5) is 17.5. The number of rotatable bonds is 6. The Morgan fingerprint density at radius 3 is 2.74 bits per heavy atom. The summed E-state index contributed by atoms with van der Waals surface area (Å²) in [7, 11) is 0. The van der Waals surface area contributed by atoms with Crippen molar-refractivity contribution in [3.05, 3.63) is 65.2 Å². The molecular formula is C22H22ClN3O. The topological polar surface area (TPSA) is 54.4 Å². The molecule has 0 aliphatic heterocycles. The van der Waals surface area contributed by atoms with E-state index in [0.29, 0.717) is 33.1 Å². The zero-order valence-corrected chi connectivity index (χ0v) is 16.2. The first kappa shape index (κ1) is 19.1. The van der Waals surface area contributed by atoms with Crippen molar-refractivity contribution in [2.75, 3.05) is 0 Å². The third-order valence-electron chi connectivity index (χ3n) is 4.34. The number of nitrogens with one attached hydrogen (secondary N) is 1. The van der Waals surface area contributed by atoms with Gasteiger partial charge in [0.05, 0.1) is 21.8 Å². The van der Waals surface area contributed by atoms with Gasteiger partial charge in [0, 0.05) is 17.2 Å². The molecule has 2 aromatic carbocycles. The van der Waals surface area contributed by atoms with Crippen LogP contribution in [0.2, 0.25) is 5.02 Å². The van der Waals surface area contributed by atoms with E-state index in [1.165, 1.54) is 0 Å². The van der Waals surface area contributed by atoms with Gasteiger partial charge in [0.25, 0.3) is 5.91 Å². The molecule has 1 N–H and O–H groups in total. The van der Waals surface area contributed by atoms with E-state index in [4.69, 9.17) is 11.6 Å². The molecule has 1 amide bonds. The van der Waals surface area contributed by atoms with Gasteiger partial charge in [0.1, 0.15) is 0 Å². The van der Waals surface area contributed by atoms with Crippen molar-refractivity contribution >= 4 is 34.6 Å². The zero-order chi connectivity index (χ0) is 19.2. The van der Waals surface area contributed by atoms with Gasteiger partial charge in [-0.25, -0.2) is 10.4 Å². The lowest BCUT2D eigenvalue weighted by Crippen LogP contribution is -2.19. The maximum atomic E-state index is 12.8. The van der Waals surface area contributed by atoms with Gasteiger partial charge in [-0.2, -0.15) is 5.10 Å². The number of hydrazone groups is 1. The summed E-state index contributed by atoms with van der Waals surface area (Å²) in [5.41, 5.74) is 5.37. The minimum atomic E-state index is -0.276. The highest BCUT2D eigenvalue weighted by atomic mass is 35.5. The second-order valence-corrected chi connectivity index (χ2v) is 6.95. The molecule has 0 bridgehead atoms. The van der Waals surface area contributed by atoms with Crippen LogP contribution in [0, 0.1) is 5.92 Å². The van der Waals surface area contributed by atoms with Crippen molar-refractivity contribution in [1.29, 1.82) is 0 Å². The lowest BCUT2D eigenvalue weighted by molar-refractivity contribution is 0.0956. The van der Waals surface area contributed by atoms with Crippen molar-refractivity contribution in [1.82, 2.24) is 10.4 Å². The number of benzene rings is 2. The molecule has 0 spiro atoms. The summed E-state index contributed by atoms with van der Waals surface area (Å²) in [6.45, 7) is 4.20. The number of carbonyl (C=O) groups is 1. The van der Waals surface area contributed by atoms with E-state index in [2.05, 4.69) is 29.4 Å². The molecule has 0 radical (unpaired) electrons. The number of hydrogen-bond acceptors (Lipinski definition) is 3. The molecule has 3 rings (SSSR count). The SMILES string of the molecule is CCCC(C)C=NNC(=O)c1cc(-c2ccccc2)nc2c(Cl)cccc12. The first-order valence-corrected chi connectivity index (χ1v) is 9.46. The smallest absolute Gasteiger partial charge is 0.267 e. The van der Waals surface area contributed by atoms with Crippen molar-refractivity contribution in [3.63, 3.8) is 0 Å². The van der Waals surface area contributed by atoms with E-state index >= 15 is 0 Å². The van der Waals surface area contributed by atoms with Crippen molar-refractivity contribution < 1.29 is 4.79 Å². The van der Waals surface area contributed by atoms with Crippen LogP contribution in [0.4, 0.5) is 0 Å². The molecule has 0 aliphatic carbocycles. The largest absolute Gasteiger partial charge is 0.272 e. The minimum absolute atomic E-state index is 0.276. The summed E-state index contributed by atoms with van der Waals surface area (Å²) < 4.78 is 0. The van der Waals surface area contributed by atoms with E-state index in [1.54, 1.807) is 18.3 Å². The molecule has 0 saturated carbocycles. The van der Waals surface area contributed by atoms with E-state index < -0.39 is 0 Å². The standard InChI is InChI=1S/C22H22ClN3O/c1-3-8-15(2)14-24-26-22(27)18-13-20(16-9-5-4-6-10-16)25-21-17(18)11-7-12-19(21)23/h4-7,9-15H,3,8H2,1-2H3,(H,26,27). The Labute approximate surface area is 164 Å². The van der Waals surface area contributed by atoms with Gasteiger partial charge in [-0.05, 0) is 24.5 Å². The van der Waals surface area contributed by atoms with Gasteiger partial charge in [-0.1, -0.05) is 74.3 Å². The molecule has 0 saturated heterocycles. The predicted octanol–water partition coefficient (Wildman–Crippen LogP) is 5.71. The second-order valence-electron chi connectivity index (χ2n) is 6.54. The molecule has 0 fully saturated rings. The van der Waals surface area contributed by atoms with Gasteiger partial charge in [0.15, 0.2) is 0 Å². The van der Waals surface area contributed by atoms with Crippen molar-refractivity contribution in [2.45, 2.75) is 26.7 Å². The van der Waals surface area contributed by atoms with Crippen LogP contribution in [0.1, 0.15) is 37.0 Å². The third-order valence-corrected chi connectivity index (χ3v) is 4.65. The van der Waals surface area contributed by atoms with E-state index in [-0.39, 0.29) is 5.91 Å². The molecule has 5 heteroatoms. The van der Waals surface area contributed by atoms with Gasteiger partial charge < -0.3 is 0 Å². The average Bonchev–Trinajstić information content (AvgIpc) is 2.68. The molecule has 27 heavy (non-hydrogen) atoms. The van der Waals surface area contributed by atoms with Crippen LogP contribution < -0.4 is 5.43 Å². The number of pyridine rings is 1. The monoisotopic (exact) mass is 379 g/mol. The van der Waals surface area contributed by atoms with E-state index in [1.807, 2.05) is 42.5 Å². The Morgan fingerprint density at radius 1 is 1.22 bits per heavy atom. The second kappa shape index (κ2) is 8.78. The first-order chi connectivity index (χ1) is 13.1. The van der Waals surface area contributed by atoms with Crippen LogP contribution in [-0.4, -0.2) is 17.1 Å². The van der Waals surface area contributed by atoms with Crippen molar-refractivity contribution in [2.24, 2.45) is 11.0 Å². The highest BCUT2D eigenvalue weighted by Gasteiger charge is 2.15. The molecule has 4 nitrogen and oxygen atoms in total. The van der Waals surface area contributed by atoms with E-state index in [0.717, 1.165) is 18.4 Å². The number of hydrogen-bond donors (Lipinski definition) is 1. The van der Waals surface area contributed by atoms with Gasteiger partial charge in [0.2, 0.25) is 0 Å². The number of para-hydroxylation sites is 1. The normalized spacial score (nSPS) is 12.4. The number of nitrogens with zero attached hydrogens (tertiary/aromatic N) is 2. The fourth-order valence-electron chi connectivity index (χ4n) is 2.97. The van der Waals surface area contributed by atoms with E-state index in [9.17, 15) is 4.79 Å². The highest BCUT2D eigenvalue weighted by Crippen LogP contribution is 2.29. The third kappa shape index (κ3) is 4.52. The predicted molar refractivity (Wildman–Crippen MR) is 112 cm³/mol. The van der Waals surface area contributed by atoms with Gasteiger partial charge in [-0.15, -0.1) is 0 Å². The Balaban J connectivity index is 2.00. The van der Waals surface area contributed by atoms with Crippen LogP contribution in [0.15, 0.2) is 59.7 Å². The summed E-state index contributed by atoms with van der Waals surface area (Å²) in [5, 5.41) is 5.34.